The predicted molar refractivity (Wildman–Crippen MR) is 104 cm³/mol. The molecule has 0 spiro atoms. The van der Waals surface area contributed by atoms with Crippen LogP contribution >= 0.6 is 0 Å². The summed E-state index contributed by atoms with van der Waals surface area (Å²) in [6, 6.07) is 9.43. The standard InChI is InChI=1S/C22H26N4/c1-2-13-26(12-1)22-4-3-11-25(17-22)16-20-8-5-19(6-9-20)7-10-21-14-23-18-24-15-21/h5-6,8-9,14-15,18,22H,1-4,11-13,16-17H2. The highest BCUT2D eigenvalue weighted by molar-refractivity contribution is 5.41. The van der Waals surface area contributed by atoms with Crippen molar-refractivity contribution in [3.63, 3.8) is 0 Å². The molecule has 134 valence electrons. The molecule has 2 aromatic rings. The van der Waals surface area contributed by atoms with Gasteiger partial charge in [-0.3, -0.25) is 9.80 Å². The third-order valence-corrected chi connectivity index (χ3v) is 5.41. The summed E-state index contributed by atoms with van der Waals surface area (Å²) < 4.78 is 0. The van der Waals surface area contributed by atoms with Crippen molar-refractivity contribution in [2.75, 3.05) is 26.2 Å². The van der Waals surface area contributed by atoms with Crippen LogP contribution in [-0.4, -0.2) is 52.0 Å². The van der Waals surface area contributed by atoms with Crippen molar-refractivity contribution < 1.29 is 0 Å². The fraction of sp³-hybridized carbons (Fsp3) is 0.455. The maximum absolute atomic E-state index is 3.99. The Kier molecular flexibility index (Phi) is 5.59. The smallest absolute Gasteiger partial charge is 0.115 e. The number of rotatable bonds is 3. The van der Waals surface area contributed by atoms with E-state index in [9.17, 15) is 0 Å². The topological polar surface area (TPSA) is 32.3 Å². The number of aromatic nitrogens is 2. The van der Waals surface area contributed by atoms with Crippen molar-refractivity contribution in [3.8, 4) is 11.8 Å². The average Bonchev–Trinajstić information content (AvgIpc) is 3.23. The van der Waals surface area contributed by atoms with Gasteiger partial charge in [-0.25, -0.2) is 9.97 Å². The zero-order valence-electron chi connectivity index (χ0n) is 15.3. The van der Waals surface area contributed by atoms with Gasteiger partial charge < -0.3 is 0 Å². The van der Waals surface area contributed by atoms with Gasteiger partial charge in [0.2, 0.25) is 0 Å². The lowest BCUT2D eigenvalue weighted by Crippen LogP contribution is -2.46. The van der Waals surface area contributed by atoms with E-state index < -0.39 is 0 Å². The molecular weight excluding hydrogens is 320 g/mol. The molecule has 0 N–H and O–H groups in total. The van der Waals surface area contributed by atoms with Crippen molar-refractivity contribution in [1.29, 1.82) is 0 Å². The van der Waals surface area contributed by atoms with Gasteiger partial charge in [0.15, 0.2) is 0 Å². The molecule has 1 aromatic heterocycles. The minimum Gasteiger partial charge on any atom is -0.299 e. The molecule has 1 aromatic carbocycles. The Bertz CT molecular complexity index is 754. The van der Waals surface area contributed by atoms with E-state index in [1.165, 1.54) is 63.8 Å². The largest absolute Gasteiger partial charge is 0.299 e. The van der Waals surface area contributed by atoms with E-state index in [0.717, 1.165) is 23.7 Å². The van der Waals surface area contributed by atoms with Crippen LogP contribution in [0, 0.1) is 11.8 Å². The molecule has 2 aliphatic rings. The molecule has 3 heterocycles. The maximum atomic E-state index is 3.99. The van der Waals surface area contributed by atoms with Gasteiger partial charge in [-0.1, -0.05) is 24.0 Å². The van der Waals surface area contributed by atoms with Crippen LogP contribution in [0.3, 0.4) is 0 Å². The molecule has 26 heavy (non-hydrogen) atoms. The summed E-state index contributed by atoms with van der Waals surface area (Å²) in [6.45, 7) is 6.09. The predicted octanol–water partition coefficient (Wildman–Crippen LogP) is 2.94. The van der Waals surface area contributed by atoms with Gasteiger partial charge in [-0.2, -0.15) is 0 Å². The lowest BCUT2D eigenvalue weighted by atomic mass is 10.0. The Balaban J connectivity index is 1.34. The van der Waals surface area contributed by atoms with Gasteiger partial charge in [-0.15, -0.1) is 0 Å². The first-order valence-corrected chi connectivity index (χ1v) is 9.69. The highest BCUT2D eigenvalue weighted by Gasteiger charge is 2.26. The van der Waals surface area contributed by atoms with Crippen LogP contribution < -0.4 is 0 Å². The minimum absolute atomic E-state index is 0.768. The molecule has 4 nitrogen and oxygen atoms in total. The SMILES string of the molecule is C(#Cc1cncnc1)c1ccc(CN2CCCC(N3CCCC3)C2)cc1. The highest BCUT2D eigenvalue weighted by Crippen LogP contribution is 2.21. The third kappa shape index (κ3) is 4.49. The quantitative estimate of drug-likeness (QED) is 0.800. The van der Waals surface area contributed by atoms with Crippen LogP contribution in [0.5, 0.6) is 0 Å². The Morgan fingerprint density at radius 2 is 1.62 bits per heavy atom. The summed E-state index contributed by atoms with van der Waals surface area (Å²) in [5.41, 5.74) is 3.25. The zero-order chi connectivity index (χ0) is 17.6. The Hall–Kier alpha value is -2.22. The maximum Gasteiger partial charge on any atom is 0.115 e. The van der Waals surface area contributed by atoms with E-state index >= 15 is 0 Å². The van der Waals surface area contributed by atoms with E-state index in [4.69, 9.17) is 0 Å². The number of benzene rings is 1. The minimum atomic E-state index is 0.768. The van der Waals surface area contributed by atoms with E-state index in [-0.39, 0.29) is 0 Å². The van der Waals surface area contributed by atoms with Crippen molar-refractivity contribution in [3.05, 3.63) is 59.7 Å². The summed E-state index contributed by atoms with van der Waals surface area (Å²) in [5, 5.41) is 0. The molecule has 0 bridgehead atoms. The lowest BCUT2D eigenvalue weighted by Gasteiger charge is -2.37. The fourth-order valence-electron chi connectivity index (χ4n) is 4.04. The summed E-state index contributed by atoms with van der Waals surface area (Å²) in [6.07, 6.45) is 10.5. The van der Waals surface area contributed by atoms with E-state index in [1.807, 2.05) is 0 Å². The van der Waals surface area contributed by atoms with E-state index in [0.29, 0.717) is 0 Å². The van der Waals surface area contributed by atoms with Gasteiger partial charge in [0.05, 0.1) is 5.56 Å². The zero-order valence-corrected chi connectivity index (χ0v) is 15.3. The monoisotopic (exact) mass is 346 g/mol. The van der Waals surface area contributed by atoms with Crippen LogP contribution in [-0.2, 0) is 6.54 Å². The molecule has 0 aliphatic carbocycles. The fourth-order valence-corrected chi connectivity index (χ4v) is 4.04. The Morgan fingerprint density at radius 1 is 0.885 bits per heavy atom. The molecule has 1 atom stereocenters. The van der Waals surface area contributed by atoms with Gasteiger partial charge in [-0.05, 0) is 63.0 Å². The Morgan fingerprint density at radius 3 is 2.38 bits per heavy atom. The van der Waals surface area contributed by atoms with Crippen molar-refractivity contribution in [2.24, 2.45) is 0 Å². The Labute approximate surface area is 156 Å². The summed E-state index contributed by atoms with van der Waals surface area (Å²) in [7, 11) is 0. The van der Waals surface area contributed by atoms with E-state index in [1.54, 1.807) is 12.4 Å². The van der Waals surface area contributed by atoms with Gasteiger partial charge in [0.1, 0.15) is 6.33 Å². The number of nitrogens with zero attached hydrogens (tertiary/aromatic N) is 4. The van der Waals surface area contributed by atoms with Gasteiger partial charge in [0.25, 0.3) is 0 Å². The van der Waals surface area contributed by atoms with Gasteiger partial charge >= 0.3 is 0 Å². The number of hydrogen-bond donors (Lipinski definition) is 0. The second-order valence-corrected chi connectivity index (χ2v) is 7.35. The van der Waals surface area contributed by atoms with Crippen LogP contribution in [0.25, 0.3) is 0 Å². The lowest BCUT2D eigenvalue weighted by molar-refractivity contribution is 0.110. The molecule has 0 radical (unpaired) electrons. The van der Waals surface area contributed by atoms with Crippen LogP contribution in [0.15, 0.2) is 43.0 Å². The summed E-state index contributed by atoms with van der Waals surface area (Å²) in [5.74, 6) is 6.29. The van der Waals surface area contributed by atoms with Crippen molar-refractivity contribution in [2.45, 2.75) is 38.3 Å². The van der Waals surface area contributed by atoms with Crippen molar-refractivity contribution >= 4 is 0 Å². The molecule has 4 heteroatoms. The molecule has 2 fully saturated rings. The average molecular weight is 346 g/mol. The normalized spacial score (nSPS) is 21.3. The first kappa shape index (κ1) is 17.2. The molecule has 4 rings (SSSR count). The van der Waals surface area contributed by atoms with Crippen LogP contribution in [0.1, 0.15) is 42.4 Å². The molecule has 1 unspecified atom stereocenters. The summed E-state index contributed by atoms with van der Waals surface area (Å²) >= 11 is 0. The summed E-state index contributed by atoms with van der Waals surface area (Å²) in [4.78, 5) is 13.3. The van der Waals surface area contributed by atoms with E-state index in [2.05, 4.69) is 55.9 Å². The third-order valence-electron chi connectivity index (χ3n) is 5.41. The highest BCUT2D eigenvalue weighted by atomic mass is 15.2. The second-order valence-electron chi connectivity index (χ2n) is 7.35. The van der Waals surface area contributed by atoms with Crippen molar-refractivity contribution in [1.82, 2.24) is 19.8 Å². The number of likely N-dealkylation sites (tertiary alicyclic amines) is 2. The van der Waals surface area contributed by atoms with Crippen LogP contribution in [0.2, 0.25) is 0 Å². The molecule has 0 amide bonds. The number of hydrogen-bond acceptors (Lipinski definition) is 4. The van der Waals surface area contributed by atoms with Gasteiger partial charge in [0, 0.05) is 37.1 Å². The molecule has 2 saturated heterocycles. The number of piperidine rings is 1. The molecule has 2 aliphatic heterocycles. The second kappa shape index (κ2) is 8.44. The first-order valence-electron chi connectivity index (χ1n) is 9.69. The molecular formula is C22H26N4. The first-order chi connectivity index (χ1) is 12.9. The van der Waals surface area contributed by atoms with Crippen LogP contribution in [0.4, 0.5) is 0 Å². The molecule has 0 saturated carbocycles.